The molecule has 0 bridgehead atoms. The van der Waals surface area contributed by atoms with Crippen molar-refractivity contribution >= 4 is 11.6 Å². The van der Waals surface area contributed by atoms with E-state index in [4.69, 9.17) is 18.9 Å². The second-order valence-corrected chi connectivity index (χ2v) is 5.20. The van der Waals surface area contributed by atoms with Crippen molar-refractivity contribution in [2.24, 2.45) is 0 Å². The summed E-state index contributed by atoms with van der Waals surface area (Å²) in [5.41, 5.74) is 7.77. The van der Waals surface area contributed by atoms with E-state index in [9.17, 15) is 4.79 Å². The van der Waals surface area contributed by atoms with E-state index in [-0.39, 0.29) is 19.5 Å². The van der Waals surface area contributed by atoms with E-state index in [1.807, 2.05) is 31.2 Å². The molecule has 0 heterocycles. The lowest BCUT2D eigenvalue weighted by Gasteiger charge is -2.14. The van der Waals surface area contributed by atoms with Crippen LogP contribution in [0.5, 0.6) is 11.5 Å². The molecule has 0 aliphatic rings. The van der Waals surface area contributed by atoms with Crippen LogP contribution in [0.3, 0.4) is 0 Å². The molecule has 0 fully saturated rings. The second kappa shape index (κ2) is 9.51. The summed E-state index contributed by atoms with van der Waals surface area (Å²) >= 11 is 0. The van der Waals surface area contributed by atoms with Crippen LogP contribution in [0.1, 0.15) is 15.9 Å². The smallest absolute Gasteiger partial charge is 0.273 e. The van der Waals surface area contributed by atoms with Gasteiger partial charge in [-0.25, -0.2) is 0 Å². The minimum absolute atomic E-state index is 0.0133. The molecule has 0 spiro atoms. The Labute approximate surface area is 146 Å². The maximum atomic E-state index is 12.4. The van der Waals surface area contributed by atoms with Crippen molar-refractivity contribution in [3.05, 3.63) is 53.6 Å². The van der Waals surface area contributed by atoms with E-state index < -0.39 is 0 Å². The van der Waals surface area contributed by atoms with Gasteiger partial charge in [0.15, 0.2) is 13.6 Å². The topological polar surface area (TPSA) is 78.1 Å². The van der Waals surface area contributed by atoms with Crippen LogP contribution in [0.15, 0.2) is 42.5 Å². The summed E-state index contributed by atoms with van der Waals surface area (Å²) in [7, 11) is 3.03. The number of benzene rings is 2. The van der Waals surface area contributed by atoms with Crippen molar-refractivity contribution in [2.45, 2.75) is 6.92 Å². The Kier molecular flexibility index (Phi) is 7.06. The van der Waals surface area contributed by atoms with Gasteiger partial charge in [0.2, 0.25) is 0 Å². The van der Waals surface area contributed by atoms with E-state index in [0.29, 0.717) is 17.1 Å². The molecule has 1 amide bonds. The first-order chi connectivity index (χ1) is 12.1. The van der Waals surface area contributed by atoms with Gasteiger partial charge in [-0.15, -0.1) is 0 Å². The summed E-state index contributed by atoms with van der Waals surface area (Å²) in [6.07, 6.45) is 0. The number of hydrogen-bond donors (Lipinski definition) is 2. The number of methoxy groups -OCH3 is 2. The van der Waals surface area contributed by atoms with E-state index in [2.05, 4.69) is 10.9 Å². The highest BCUT2D eigenvalue weighted by atomic mass is 16.7. The van der Waals surface area contributed by atoms with E-state index in [1.54, 1.807) is 18.2 Å². The zero-order valence-electron chi connectivity index (χ0n) is 14.5. The fourth-order valence-electron chi connectivity index (χ4n) is 1.98. The Morgan fingerprint density at radius 2 is 1.64 bits per heavy atom. The van der Waals surface area contributed by atoms with Gasteiger partial charge >= 0.3 is 0 Å². The molecule has 2 aromatic rings. The molecule has 2 aromatic carbocycles. The lowest BCUT2D eigenvalue weighted by molar-refractivity contribution is 0.0455. The molecule has 7 heteroatoms. The van der Waals surface area contributed by atoms with Crippen LogP contribution < -0.4 is 20.3 Å². The minimum atomic E-state index is -0.343. The Balaban J connectivity index is 2.08. The molecule has 25 heavy (non-hydrogen) atoms. The van der Waals surface area contributed by atoms with Gasteiger partial charge < -0.3 is 18.9 Å². The van der Waals surface area contributed by atoms with Crippen molar-refractivity contribution in [1.29, 1.82) is 0 Å². The Morgan fingerprint density at radius 3 is 2.32 bits per heavy atom. The fourth-order valence-corrected chi connectivity index (χ4v) is 1.98. The zero-order chi connectivity index (χ0) is 18.1. The first-order valence-corrected chi connectivity index (χ1v) is 7.64. The van der Waals surface area contributed by atoms with Crippen LogP contribution in [-0.2, 0) is 9.47 Å². The van der Waals surface area contributed by atoms with E-state index >= 15 is 0 Å². The molecule has 0 radical (unpaired) electrons. The van der Waals surface area contributed by atoms with Crippen LogP contribution in [0, 0.1) is 6.92 Å². The number of ether oxygens (including phenoxy) is 4. The summed E-state index contributed by atoms with van der Waals surface area (Å²) in [5.74, 6) is 0.527. The maximum absolute atomic E-state index is 12.4. The van der Waals surface area contributed by atoms with Gasteiger partial charge in [-0.2, -0.15) is 0 Å². The monoisotopic (exact) mass is 346 g/mol. The molecule has 0 atom stereocenters. The third kappa shape index (κ3) is 5.66. The lowest BCUT2D eigenvalue weighted by Crippen LogP contribution is -2.29. The molecule has 2 rings (SSSR count). The molecular formula is C18H22N2O5. The number of hydrogen-bond acceptors (Lipinski definition) is 6. The molecule has 134 valence electrons. The third-order valence-corrected chi connectivity index (χ3v) is 3.25. The molecule has 0 saturated carbocycles. The number of carbonyl (C=O) groups excluding carboxylic acids is 1. The predicted molar refractivity (Wildman–Crippen MR) is 93.7 cm³/mol. The van der Waals surface area contributed by atoms with Crippen molar-refractivity contribution in [2.75, 3.05) is 33.2 Å². The lowest BCUT2D eigenvalue weighted by atomic mass is 10.2. The molecular weight excluding hydrogens is 324 g/mol. The van der Waals surface area contributed by atoms with Crippen molar-refractivity contribution in [3.8, 4) is 11.5 Å². The van der Waals surface area contributed by atoms with Crippen molar-refractivity contribution in [1.82, 2.24) is 5.43 Å². The maximum Gasteiger partial charge on any atom is 0.273 e. The minimum Gasteiger partial charge on any atom is -0.467 e. The fraction of sp³-hybridized carbons (Fsp3) is 0.278. The number of anilines is 1. The Hall–Kier alpha value is -2.77. The molecule has 7 nitrogen and oxygen atoms in total. The number of rotatable bonds is 9. The van der Waals surface area contributed by atoms with Gasteiger partial charge in [0.25, 0.3) is 5.91 Å². The normalized spacial score (nSPS) is 10.2. The first kappa shape index (κ1) is 18.6. The quantitative estimate of drug-likeness (QED) is 0.537. The van der Waals surface area contributed by atoms with Gasteiger partial charge in [0.1, 0.15) is 11.5 Å². The SMILES string of the molecule is COCOc1ccc(C(=O)NNc2ccc(C)cc2)c(OCOC)c1. The summed E-state index contributed by atoms with van der Waals surface area (Å²) in [6.45, 7) is 2.11. The standard InChI is InChI=1S/C18H22N2O5/c1-13-4-6-14(7-5-13)19-20-18(21)16-9-8-15(24-11-22-2)10-17(16)25-12-23-3/h4-10,19H,11-12H2,1-3H3,(H,20,21). The van der Waals surface area contributed by atoms with Gasteiger partial charge in [-0.3, -0.25) is 15.6 Å². The Bertz CT molecular complexity index is 688. The highest BCUT2D eigenvalue weighted by molar-refractivity contribution is 5.97. The van der Waals surface area contributed by atoms with Crippen molar-refractivity contribution < 1.29 is 23.7 Å². The van der Waals surface area contributed by atoms with Gasteiger partial charge in [0.05, 0.1) is 11.3 Å². The van der Waals surface area contributed by atoms with Crippen LogP contribution in [0.4, 0.5) is 5.69 Å². The van der Waals surface area contributed by atoms with E-state index in [1.165, 1.54) is 14.2 Å². The molecule has 2 N–H and O–H groups in total. The second-order valence-electron chi connectivity index (χ2n) is 5.20. The molecule has 0 unspecified atom stereocenters. The average molecular weight is 346 g/mol. The highest BCUT2D eigenvalue weighted by Crippen LogP contribution is 2.25. The van der Waals surface area contributed by atoms with Crippen LogP contribution in [-0.4, -0.2) is 33.7 Å². The zero-order valence-corrected chi connectivity index (χ0v) is 14.5. The summed E-state index contributed by atoms with van der Waals surface area (Å²) in [4.78, 5) is 12.4. The summed E-state index contributed by atoms with van der Waals surface area (Å²) in [6, 6.07) is 12.5. The van der Waals surface area contributed by atoms with Crippen molar-refractivity contribution in [3.63, 3.8) is 0 Å². The third-order valence-electron chi connectivity index (χ3n) is 3.25. The van der Waals surface area contributed by atoms with Gasteiger partial charge in [-0.05, 0) is 31.2 Å². The molecule has 0 aliphatic heterocycles. The molecule has 0 saturated heterocycles. The largest absolute Gasteiger partial charge is 0.467 e. The summed E-state index contributed by atoms with van der Waals surface area (Å²) in [5, 5.41) is 0. The molecule has 0 aliphatic carbocycles. The van der Waals surface area contributed by atoms with Crippen LogP contribution in [0.25, 0.3) is 0 Å². The molecule has 0 aromatic heterocycles. The number of nitrogens with one attached hydrogen (secondary N) is 2. The number of aryl methyl sites for hydroxylation is 1. The number of carbonyl (C=O) groups is 1. The Morgan fingerprint density at radius 1 is 0.960 bits per heavy atom. The van der Waals surface area contributed by atoms with Gasteiger partial charge in [0, 0.05) is 20.3 Å². The number of amides is 1. The van der Waals surface area contributed by atoms with Crippen LogP contribution in [0.2, 0.25) is 0 Å². The van der Waals surface area contributed by atoms with Gasteiger partial charge in [-0.1, -0.05) is 17.7 Å². The first-order valence-electron chi connectivity index (χ1n) is 7.64. The highest BCUT2D eigenvalue weighted by Gasteiger charge is 2.14. The summed E-state index contributed by atoms with van der Waals surface area (Å²) < 4.78 is 20.6. The van der Waals surface area contributed by atoms with E-state index in [0.717, 1.165) is 11.3 Å². The average Bonchev–Trinajstić information content (AvgIpc) is 2.64. The van der Waals surface area contributed by atoms with Crippen LogP contribution >= 0.6 is 0 Å². The predicted octanol–water partition coefficient (Wildman–Crippen LogP) is 2.72. The number of hydrazine groups is 1.